The molecule has 0 saturated carbocycles. The molecule has 2 aromatic rings. The van der Waals surface area contributed by atoms with Gasteiger partial charge < -0.3 is 10.5 Å². The summed E-state index contributed by atoms with van der Waals surface area (Å²) in [7, 11) is 0. The van der Waals surface area contributed by atoms with E-state index in [1.807, 2.05) is 0 Å². The summed E-state index contributed by atoms with van der Waals surface area (Å²) in [5.41, 5.74) is 6.02. The molecule has 5 heteroatoms. The second-order valence-electron chi connectivity index (χ2n) is 4.47. The maximum absolute atomic E-state index is 13.7. The largest absolute Gasteiger partial charge is 0.486 e. The summed E-state index contributed by atoms with van der Waals surface area (Å²) in [6, 6.07) is 7.45. The maximum Gasteiger partial charge on any atom is 0.165 e. The van der Waals surface area contributed by atoms with E-state index in [2.05, 4.69) is 0 Å². The minimum absolute atomic E-state index is 0.0722. The molecule has 0 saturated heterocycles. The first kappa shape index (κ1) is 14.4. The fourth-order valence-corrected chi connectivity index (χ4v) is 1.74. The first-order chi connectivity index (χ1) is 9.49. The van der Waals surface area contributed by atoms with Crippen LogP contribution in [0.4, 0.5) is 13.2 Å². The highest BCUT2D eigenvalue weighted by Crippen LogP contribution is 2.23. The summed E-state index contributed by atoms with van der Waals surface area (Å²) >= 11 is 0. The van der Waals surface area contributed by atoms with Crippen molar-refractivity contribution in [3.8, 4) is 5.75 Å². The Hall–Kier alpha value is -2.01. The number of ether oxygens (including phenoxy) is 1. The molecule has 0 aliphatic rings. The summed E-state index contributed by atoms with van der Waals surface area (Å²) < 4.78 is 45.7. The van der Waals surface area contributed by atoms with Gasteiger partial charge in [0.15, 0.2) is 11.6 Å². The number of rotatable bonds is 4. The van der Waals surface area contributed by atoms with Crippen LogP contribution in [0.3, 0.4) is 0 Å². The van der Waals surface area contributed by atoms with Crippen LogP contribution < -0.4 is 10.5 Å². The molecule has 0 amide bonds. The van der Waals surface area contributed by atoms with E-state index >= 15 is 0 Å². The number of hydrogen-bond donors (Lipinski definition) is 1. The first-order valence-electron chi connectivity index (χ1n) is 6.09. The molecule has 20 heavy (non-hydrogen) atoms. The first-order valence-corrected chi connectivity index (χ1v) is 6.09. The van der Waals surface area contributed by atoms with Crippen LogP contribution in [0.25, 0.3) is 0 Å². The highest BCUT2D eigenvalue weighted by atomic mass is 19.1. The highest BCUT2D eigenvalue weighted by molar-refractivity contribution is 5.31. The highest BCUT2D eigenvalue weighted by Gasteiger charge is 2.12. The Morgan fingerprint density at radius 3 is 2.25 bits per heavy atom. The zero-order valence-corrected chi connectivity index (χ0v) is 10.9. The topological polar surface area (TPSA) is 35.2 Å². The van der Waals surface area contributed by atoms with Gasteiger partial charge in [-0.05, 0) is 36.8 Å². The van der Waals surface area contributed by atoms with Crippen molar-refractivity contribution in [3.63, 3.8) is 0 Å². The molecule has 106 valence electrons. The average molecular weight is 281 g/mol. The van der Waals surface area contributed by atoms with Crippen molar-refractivity contribution in [2.45, 2.75) is 19.6 Å². The molecule has 0 spiro atoms. The summed E-state index contributed by atoms with van der Waals surface area (Å²) in [6.07, 6.45) is 0. The molecule has 0 bridgehead atoms. The van der Waals surface area contributed by atoms with E-state index in [1.54, 1.807) is 13.0 Å². The normalized spacial score (nSPS) is 12.2. The smallest absolute Gasteiger partial charge is 0.165 e. The van der Waals surface area contributed by atoms with Gasteiger partial charge in [0.2, 0.25) is 0 Å². The van der Waals surface area contributed by atoms with Crippen LogP contribution in [-0.4, -0.2) is 0 Å². The molecule has 1 atom stereocenters. The van der Waals surface area contributed by atoms with E-state index in [0.29, 0.717) is 5.56 Å². The summed E-state index contributed by atoms with van der Waals surface area (Å²) in [5, 5.41) is 0. The van der Waals surface area contributed by atoms with Crippen molar-refractivity contribution in [1.82, 2.24) is 0 Å². The maximum atomic E-state index is 13.7. The van der Waals surface area contributed by atoms with E-state index < -0.39 is 17.5 Å². The van der Waals surface area contributed by atoms with Gasteiger partial charge in [-0.2, -0.15) is 0 Å². The average Bonchev–Trinajstić information content (AvgIpc) is 2.39. The molecular weight excluding hydrogens is 267 g/mol. The van der Waals surface area contributed by atoms with Gasteiger partial charge in [0.05, 0.1) is 5.56 Å². The van der Waals surface area contributed by atoms with Crippen LogP contribution in [0, 0.1) is 17.5 Å². The second-order valence-corrected chi connectivity index (χ2v) is 4.47. The molecule has 0 unspecified atom stereocenters. The lowest BCUT2D eigenvalue weighted by Gasteiger charge is -2.11. The molecule has 0 aliphatic heterocycles. The molecule has 2 N–H and O–H groups in total. The number of nitrogens with two attached hydrogens (primary N) is 1. The summed E-state index contributed by atoms with van der Waals surface area (Å²) in [6.45, 7) is 1.34. The Labute approximate surface area is 115 Å². The van der Waals surface area contributed by atoms with Crippen molar-refractivity contribution in [2.75, 3.05) is 0 Å². The molecule has 0 aromatic heterocycles. The monoisotopic (exact) mass is 281 g/mol. The minimum Gasteiger partial charge on any atom is -0.486 e. The van der Waals surface area contributed by atoms with Crippen molar-refractivity contribution in [2.24, 2.45) is 5.73 Å². The predicted molar refractivity (Wildman–Crippen MR) is 69.7 cm³/mol. The van der Waals surface area contributed by atoms with E-state index in [4.69, 9.17) is 10.5 Å². The Morgan fingerprint density at radius 2 is 1.70 bits per heavy atom. The van der Waals surface area contributed by atoms with Gasteiger partial charge in [-0.25, -0.2) is 13.2 Å². The van der Waals surface area contributed by atoms with Crippen molar-refractivity contribution >= 4 is 0 Å². The second kappa shape index (κ2) is 5.96. The Kier molecular flexibility index (Phi) is 4.29. The van der Waals surface area contributed by atoms with Crippen LogP contribution in [0.1, 0.15) is 24.1 Å². The molecule has 0 radical (unpaired) electrons. The van der Waals surface area contributed by atoms with E-state index in [0.717, 1.165) is 12.1 Å². The Balaban J connectivity index is 2.15. The van der Waals surface area contributed by atoms with E-state index in [-0.39, 0.29) is 24.0 Å². The molecule has 0 aliphatic carbocycles. The zero-order chi connectivity index (χ0) is 14.7. The van der Waals surface area contributed by atoms with Gasteiger partial charge in [-0.1, -0.05) is 12.1 Å². The minimum atomic E-state index is -0.724. The predicted octanol–water partition coefficient (Wildman–Crippen LogP) is 3.70. The molecule has 0 fully saturated rings. The van der Waals surface area contributed by atoms with Gasteiger partial charge in [-0.3, -0.25) is 0 Å². The Morgan fingerprint density at radius 1 is 1.05 bits per heavy atom. The molecule has 2 nitrogen and oxygen atoms in total. The molecular formula is C15H14F3NO. The lowest BCUT2D eigenvalue weighted by molar-refractivity contribution is 0.278. The third kappa shape index (κ3) is 3.11. The van der Waals surface area contributed by atoms with Crippen molar-refractivity contribution < 1.29 is 17.9 Å². The molecule has 2 rings (SSSR count). The zero-order valence-electron chi connectivity index (χ0n) is 10.9. The third-order valence-electron chi connectivity index (χ3n) is 2.92. The van der Waals surface area contributed by atoms with Crippen LogP contribution in [-0.2, 0) is 6.61 Å². The fourth-order valence-electron chi connectivity index (χ4n) is 1.74. The van der Waals surface area contributed by atoms with Gasteiger partial charge in [0, 0.05) is 6.04 Å². The van der Waals surface area contributed by atoms with Gasteiger partial charge in [0.1, 0.15) is 18.2 Å². The van der Waals surface area contributed by atoms with Gasteiger partial charge in [0.25, 0.3) is 0 Å². The van der Waals surface area contributed by atoms with E-state index in [1.165, 1.54) is 18.2 Å². The number of halogens is 3. The standard InChI is InChI=1S/C15H14F3NO/c1-9(19)10-5-6-15(14(18)7-10)20-8-11-12(16)3-2-4-13(11)17/h2-7,9H,8,19H2,1H3/t9-/m0/s1. The van der Waals surface area contributed by atoms with Crippen molar-refractivity contribution in [1.29, 1.82) is 0 Å². The molecule has 2 aromatic carbocycles. The van der Waals surface area contributed by atoms with Gasteiger partial charge in [-0.15, -0.1) is 0 Å². The summed E-state index contributed by atoms with van der Waals surface area (Å²) in [5.74, 6) is -2.14. The van der Waals surface area contributed by atoms with Gasteiger partial charge >= 0.3 is 0 Å². The quantitative estimate of drug-likeness (QED) is 0.927. The third-order valence-corrected chi connectivity index (χ3v) is 2.92. The van der Waals surface area contributed by atoms with Crippen molar-refractivity contribution in [3.05, 3.63) is 65.0 Å². The number of hydrogen-bond acceptors (Lipinski definition) is 2. The van der Waals surface area contributed by atoms with Crippen LogP contribution in [0.2, 0.25) is 0 Å². The van der Waals surface area contributed by atoms with E-state index in [9.17, 15) is 13.2 Å². The van der Waals surface area contributed by atoms with Crippen LogP contribution in [0.5, 0.6) is 5.75 Å². The lowest BCUT2D eigenvalue weighted by atomic mass is 10.1. The Bertz CT molecular complexity index is 594. The number of benzene rings is 2. The summed E-state index contributed by atoms with van der Waals surface area (Å²) in [4.78, 5) is 0. The fraction of sp³-hybridized carbons (Fsp3) is 0.200. The lowest BCUT2D eigenvalue weighted by Crippen LogP contribution is -2.06. The van der Waals surface area contributed by atoms with Crippen LogP contribution in [0.15, 0.2) is 36.4 Å². The van der Waals surface area contributed by atoms with Crippen LogP contribution >= 0.6 is 0 Å². The molecule has 0 heterocycles. The SMILES string of the molecule is C[C@H](N)c1ccc(OCc2c(F)cccc2F)c(F)c1.